The molecule has 1 rings (SSSR count). The number of halogens is 1. The molecule has 15 heavy (non-hydrogen) atoms. The molecule has 0 amide bonds. The molecule has 0 bridgehead atoms. The van der Waals surface area contributed by atoms with E-state index in [0.29, 0.717) is 0 Å². The van der Waals surface area contributed by atoms with Crippen molar-refractivity contribution < 1.29 is 9.47 Å². The van der Waals surface area contributed by atoms with Gasteiger partial charge in [-0.05, 0) is 43.5 Å². The van der Waals surface area contributed by atoms with E-state index in [1.807, 2.05) is 12.1 Å². The van der Waals surface area contributed by atoms with Crippen LogP contribution in [0.1, 0.15) is 18.4 Å². The molecule has 0 aliphatic carbocycles. The monoisotopic (exact) mass is 272 g/mol. The van der Waals surface area contributed by atoms with Crippen LogP contribution in [0.3, 0.4) is 0 Å². The van der Waals surface area contributed by atoms with Gasteiger partial charge in [-0.15, -0.1) is 0 Å². The second kappa shape index (κ2) is 6.85. The Morgan fingerprint density at radius 2 is 1.93 bits per heavy atom. The fourth-order valence-electron chi connectivity index (χ4n) is 1.31. The molecule has 0 heterocycles. The van der Waals surface area contributed by atoms with Crippen molar-refractivity contribution >= 4 is 15.9 Å². The summed E-state index contributed by atoms with van der Waals surface area (Å²) in [6, 6.07) is 6.05. The molecule has 1 aromatic rings. The first-order valence-electron chi connectivity index (χ1n) is 5.12. The van der Waals surface area contributed by atoms with E-state index < -0.39 is 0 Å². The van der Waals surface area contributed by atoms with E-state index in [1.165, 1.54) is 0 Å². The molecule has 0 aliphatic heterocycles. The standard InChI is InChI=1S/C12H17BrO2/c1-10-9-11(13)5-6-12(10)15-8-4-3-7-14-2/h5-6,9H,3-4,7-8H2,1-2H3. The minimum absolute atomic E-state index is 0.756. The van der Waals surface area contributed by atoms with Crippen molar-refractivity contribution in [2.75, 3.05) is 20.3 Å². The Balaban J connectivity index is 2.31. The van der Waals surface area contributed by atoms with Crippen LogP contribution >= 0.6 is 15.9 Å². The van der Waals surface area contributed by atoms with Crippen LogP contribution in [0.2, 0.25) is 0 Å². The second-order valence-corrected chi connectivity index (χ2v) is 4.37. The van der Waals surface area contributed by atoms with Gasteiger partial charge in [0.2, 0.25) is 0 Å². The lowest BCUT2D eigenvalue weighted by atomic mass is 10.2. The van der Waals surface area contributed by atoms with Crippen molar-refractivity contribution in [2.24, 2.45) is 0 Å². The fourth-order valence-corrected chi connectivity index (χ4v) is 1.78. The Bertz CT molecular complexity index is 300. The van der Waals surface area contributed by atoms with Crippen LogP contribution in [-0.4, -0.2) is 20.3 Å². The summed E-state index contributed by atoms with van der Waals surface area (Å²) in [7, 11) is 1.72. The van der Waals surface area contributed by atoms with Crippen molar-refractivity contribution in [2.45, 2.75) is 19.8 Å². The van der Waals surface area contributed by atoms with Gasteiger partial charge >= 0.3 is 0 Å². The summed E-state index contributed by atoms with van der Waals surface area (Å²) in [6.07, 6.45) is 2.08. The SMILES string of the molecule is COCCCCOc1ccc(Br)cc1C. The van der Waals surface area contributed by atoms with Crippen molar-refractivity contribution in [3.05, 3.63) is 28.2 Å². The summed E-state index contributed by atoms with van der Waals surface area (Å²) >= 11 is 3.43. The topological polar surface area (TPSA) is 18.5 Å². The lowest BCUT2D eigenvalue weighted by Gasteiger charge is -2.08. The molecular weight excluding hydrogens is 256 g/mol. The molecule has 0 fully saturated rings. The average molecular weight is 273 g/mol. The number of rotatable bonds is 6. The molecule has 0 saturated carbocycles. The number of unbranched alkanes of at least 4 members (excludes halogenated alkanes) is 1. The maximum absolute atomic E-state index is 5.66. The van der Waals surface area contributed by atoms with Crippen LogP contribution in [0.4, 0.5) is 0 Å². The summed E-state index contributed by atoms with van der Waals surface area (Å²) in [6.45, 7) is 3.61. The molecular formula is C12H17BrO2. The summed E-state index contributed by atoms with van der Waals surface area (Å²) < 4.78 is 11.7. The number of methoxy groups -OCH3 is 1. The maximum Gasteiger partial charge on any atom is 0.122 e. The number of ether oxygens (including phenoxy) is 2. The molecule has 2 nitrogen and oxygen atoms in total. The molecule has 0 N–H and O–H groups in total. The van der Waals surface area contributed by atoms with Crippen LogP contribution in [0.15, 0.2) is 22.7 Å². The largest absolute Gasteiger partial charge is 0.493 e. The van der Waals surface area contributed by atoms with Crippen LogP contribution in [0.25, 0.3) is 0 Å². The number of hydrogen-bond acceptors (Lipinski definition) is 2. The van der Waals surface area contributed by atoms with Gasteiger partial charge in [-0.1, -0.05) is 15.9 Å². The van der Waals surface area contributed by atoms with E-state index in [2.05, 4.69) is 28.9 Å². The normalized spacial score (nSPS) is 10.3. The molecule has 0 aromatic heterocycles. The Kier molecular flexibility index (Phi) is 5.73. The van der Waals surface area contributed by atoms with Gasteiger partial charge in [0.25, 0.3) is 0 Å². The van der Waals surface area contributed by atoms with Gasteiger partial charge in [-0.2, -0.15) is 0 Å². The zero-order chi connectivity index (χ0) is 11.1. The maximum atomic E-state index is 5.66. The molecule has 84 valence electrons. The van der Waals surface area contributed by atoms with Crippen LogP contribution < -0.4 is 4.74 Å². The predicted octanol–water partition coefficient (Wildman–Crippen LogP) is 3.56. The lowest BCUT2D eigenvalue weighted by molar-refractivity contribution is 0.184. The van der Waals surface area contributed by atoms with Crippen molar-refractivity contribution in [3.63, 3.8) is 0 Å². The molecule has 0 radical (unpaired) electrons. The van der Waals surface area contributed by atoms with Gasteiger partial charge in [0.1, 0.15) is 5.75 Å². The van der Waals surface area contributed by atoms with Crippen LogP contribution in [-0.2, 0) is 4.74 Å². The summed E-state index contributed by atoms with van der Waals surface area (Å²) in [5.41, 5.74) is 1.16. The van der Waals surface area contributed by atoms with Gasteiger partial charge in [0.05, 0.1) is 6.61 Å². The van der Waals surface area contributed by atoms with Gasteiger partial charge in [0.15, 0.2) is 0 Å². The first-order valence-corrected chi connectivity index (χ1v) is 5.91. The van der Waals surface area contributed by atoms with E-state index >= 15 is 0 Å². The summed E-state index contributed by atoms with van der Waals surface area (Å²) in [5, 5.41) is 0. The van der Waals surface area contributed by atoms with Crippen LogP contribution in [0, 0.1) is 6.92 Å². The molecule has 0 saturated heterocycles. The highest BCUT2D eigenvalue weighted by atomic mass is 79.9. The first-order chi connectivity index (χ1) is 7.24. The zero-order valence-corrected chi connectivity index (χ0v) is 10.8. The van der Waals surface area contributed by atoms with Gasteiger partial charge < -0.3 is 9.47 Å². The van der Waals surface area contributed by atoms with Crippen molar-refractivity contribution in [1.82, 2.24) is 0 Å². The third kappa shape index (κ3) is 4.67. The Morgan fingerprint density at radius 3 is 2.60 bits per heavy atom. The lowest BCUT2D eigenvalue weighted by Crippen LogP contribution is -2.00. The fraction of sp³-hybridized carbons (Fsp3) is 0.500. The Morgan fingerprint density at radius 1 is 1.20 bits per heavy atom. The smallest absolute Gasteiger partial charge is 0.122 e. The van der Waals surface area contributed by atoms with E-state index in [0.717, 1.165) is 41.8 Å². The van der Waals surface area contributed by atoms with Crippen LogP contribution in [0.5, 0.6) is 5.75 Å². The Hall–Kier alpha value is -0.540. The number of benzene rings is 1. The number of hydrogen-bond donors (Lipinski definition) is 0. The van der Waals surface area contributed by atoms with E-state index in [9.17, 15) is 0 Å². The average Bonchev–Trinajstić information content (AvgIpc) is 2.20. The van der Waals surface area contributed by atoms with E-state index in [1.54, 1.807) is 7.11 Å². The summed E-state index contributed by atoms with van der Waals surface area (Å²) in [4.78, 5) is 0. The molecule has 1 aromatic carbocycles. The van der Waals surface area contributed by atoms with Crippen molar-refractivity contribution in [3.8, 4) is 5.75 Å². The third-order valence-electron chi connectivity index (χ3n) is 2.14. The highest BCUT2D eigenvalue weighted by Crippen LogP contribution is 2.22. The van der Waals surface area contributed by atoms with Gasteiger partial charge in [-0.25, -0.2) is 0 Å². The zero-order valence-electron chi connectivity index (χ0n) is 9.25. The van der Waals surface area contributed by atoms with Gasteiger partial charge in [-0.3, -0.25) is 0 Å². The molecule has 0 spiro atoms. The second-order valence-electron chi connectivity index (χ2n) is 3.46. The highest BCUT2D eigenvalue weighted by molar-refractivity contribution is 9.10. The third-order valence-corrected chi connectivity index (χ3v) is 2.63. The molecule has 0 aliphatic rings. The molecule has 0 atom stereocenters. The van der Waals surface area contributed by atoms with E-state index in [-0.39, 0.29) is 0 Å². The molecule has 3 heteroatoms. The predicted molar refractivity (Wildman–Crippen MR) is 65.5 cm³/mol. The summed E-state index contributed by atoms with van der Waals surface area (Å²) in [5.74, 6) is 0.968. The number of aryl methyl sites for hydroxylation is 1. The Labute approximate surface area is 99.7 Å². The minimum Gasteiger partial charge on any atom is -0.493 e. The van der Waals surface area contributed by atoms with Crippen molar-refractivity contribution in [1.29, 1.82) is 0 Å². The van der Waals surface area contributed by atoms with E-state index in [4.69, 9.17) is 9.47 Å². The highest BCUT2D eigenvalue weighted by Gasteiger charge is 1.99. The first kappa shape index (κ1) is 12.5. The van der Waals surface area contributed by atoms with Gasteiger partial charge in [0, 0.05) is 18.2 Å². The quantitative estimate of drug-likeness (QED) is 0.738. The minimum atomic E-state index is 0.756. The molecule has 0 unspecified atom stereocenters.